The van der Waals surface area contributed by atoms with Crippen LogP contribution in [0.2, 0.25) is 0 Å². The highest BCUT2D eigenvalue weighted by atomic mass is 16.3. The van der Waals surface area contributed by atoms with Gasteiger partial charge in [-0.2, -0.15) is 0 Å². The Kier molecular flexibility index (Phi) is 3.28. The Bertz CT molecular complexity index is 620. The Morgan fingerprint density at radius 2 is 2.00 bits per heavy atom. The molecule has 3 rings (SSSR count). The molecule has 106 valence electrons. The summed E-state index contributed by atoms with van der Waals surface area (Å²) in [6, 6.07) is 5.13. The number of fused-ring (bicyclic) bond motifs is 1. The molecular formula is C15H17NO4. The van der Waals surface area contributed by atoms with Gasteiger partial charge in [0.15, 0.2) is 11.5 Å². The minimum atomic E-state index is -0.475. The Hall–Kier alpha value is -2.14. The number of hydrogen-bond acceptors (Lipinski definition) is 5. The molecule has 0 saturated carbocycles. The third-order valence-electron chi connectivity index (χ3n) is 3.80. The number of benzene rings is 1. The number of aromatic hydroxyl groups is 3. The van der Waals surface area contributed by atoms with Gasteiger partial charge in [-0.05, 0) is 25.0 Å². The summed E-state index contributed by atoms with van der Waals surface area (Å²) in [7, 11) is 0. The summed E-state index contributed by atoms with van der Waals surface area (Å²) in [6.07, 6.45) is 4.74. The van der Waals surface area contributed by atoms with Gasteiger partial charge in [-0.1, -0.05) is 6.07 Å². The second-order valence-corrected chi connectivity index (χ2v) is 5.07. The predicted octanol–water partition coefficient (Wildman–Crippen LogP) is 2.56. The van der Waals surface area contributed by atoms with Crippen molar-refractivity contribution in [3.8, 4) is 17.2 Å². The van der Waals surface area contributed by atoms with Gasteiger partial charge in [0.25, 0.3) is 0 Å². The second-order valence-electron chi connectivity index (χ2n) is 5.07. The van der Waals surface area contributed by atoms with Gasteiger partial charge in [0.1, 0.15) is 5.76 Å². The van der Waals surface area contributed by atoms with E-state index >= 15 is 0 Å². The van der Waals surface area contributed by atoms with Gasteiger partial charge >= 0.3 is 0 Å². The van der Waals surface area contributed by atoms with E-state index in [9.17, 15) is 15.3 Å². The van der Waals surface area contributed by atoms with Gasteiger partial charge in [-0.15, -0.1) is 0 Å². The number of phenols is 3. The highest BCUT2D eigenvalue weighted by Crippen LogP contribution is 2.37. The SMILES string of the molecule is Oc1ccc(CNC2CCCc3occc32)c(O)c1O. The van der Waals surface area contributed by atoms with E-state index in [-0.39, 0.29) is 17.5 Å². The highest BCUT2D eigenvalue weighted by Gasteiger charge is 2.22. The van der Waals surface area contributed by atoms with Gasteiger partial charge in [0, 0.05) is 30.1 Å². The van der Waals surface area contributed by atoms with E-state index in [1.54, 1.807) is 12.3 Å². The summed E-state index contributed by atoms with van der Waals surface area (Å²) in [5.74, 6) is -0.0507. The Balaban J connectivity index is 1.74. The zero-order chi connectivity index (χ0) is 14.1. The number of hydrogen-bond donors (Lipinski definition) is 4. The molecule has 1 atom stereocenters. The molecule has 1 unspecified atom stereocenters. The van der Waals surface area contributed by atoms with Crippen molar-refractivity contribution in [3.05, 3.63) is 41.3 Å². The first-order valence-corrected chi connectivity index (χ1v) is 6.69. The molecule has 0 bridgehead atoms. The van der Waals surface area contributed by atoms with Crippen LogP contribution in [0, 0.1) is 0 Å². The van der Waals surface area contributed by atoms with Crippen molar-refractivity contribution in [2.24, 2.45) is 0 Å². The van der Waals surface area contributed by atoms with Crippen molar-refractivity contribution >= 4 is 0 Å². The fourth-order valence-corrected chi connectivity index (χ4v) is 2.69. The smallest absolute Gasteiger partial charge is 0.200 e. The average molecular weight is 275 g/mol. The van der Waals surface area contributed by atoms with Gasteiger partial charge in [-0.3, -0.25) is 0 Å². The summed E-state index contributed by atoms with van der Waals surface area (Å²) in [6.45, 7) is 0.412. The number of aryl methyl sites for hydroxylation is 1. The summed E-state index contributed by atoms with van der Waals surface area (Å²) >= 11 is 0. The molecule has 2 aromatic rings. The maximum atomic E-state index is 9.79. The minimum Gasteiger partial charge on any atom is -0.504 e. The van der Waals surface area contributed by atoms with E-state index in [2.05, 4.69) is 5.32 Å². The normalized spacial score (nSPS) is 17.9. The van der Waals surface area contributed by atoms with E-state index in [4.69, 9.17) is 4.42 Å². The van der Waals surface area contributed by atoms with Crippen LogP contribution >= 0.6 is 0 Å². The molecule has 0 fully saturated rings. The molecule has 1 aromatic carbocycles. The lowest BCUT2D eigenvalue weighted by Crippen LogP contribution is -2.24. The van der Waals surface area contributed by atoms with E-state index in [0.29, 0.717) is 12.1 Å². The molecule has 0 aliphatic heterocycles. The van der Waals surface area contributed by atoms with Gasteiger partial charge in [0.05, 0.1) is 6.26 Å². The number of furan rings is 1. The molecule has 0 radical (unpaired) electrons. The lowest BCUT2D eigenvalue weighted by molar-refractivity contribution is 0.361. The van der Waals surface area contributed by atoms with E-state index in [1.807, 2.05) is 6.07 Å². The van der Waals surface area contributed by atoms with Crippen LogP contribution < -0.4 is 5.32 Å². The van der Waals surface area contributed by atoms with Crippen LogP contribution in [0.15, 0.2) is 28.9 Å². The van der Waals surface area contributed by atoms with E-state index in [1.165, 1.54) is 11.6 Å². The van der Waals surface area contributed by atoms with Crippen molar-refractivity contribution in [1.82, 2.24) is 5.32 Å². The fourth-order valence-electron chi connectivity index (χ4n) is 2.69. The van der Waals surface area contributed by atoms with Crippen LogP contribution in [0.5, 0.6) is 17.2 Å². The molecule has 1 aliphatic rings. The zero-order valence-electron chi connectivity index (χ0n) is 11.0. The van der Waals surface area contributed by atoms with Crippen molar-refractivity contribution in [3.63, 3.8) is 0 Å². The van der Waals surface area contributed by atoms with Gasteiger partial charge < -0.3 is 25.1 Å². The first-order chi connectivity index (χ1) is 9.66. The second kappa shape index (κ2) is 5.09. The maximum Gasteiger partial charge on any atom is 0.200 e. The molecule has 4 N–H and O–H groups in total. The average Bonchev–Trinajstić information content (AvgIpc) is 2.93. The van der Waals surface area contributed by atoms with Crippen LogP contribution in [0.3, 0.4) is 0 Å². The molecule has 0 amide bonds. The van der Waals surface area contributed by atoms with Crippen LogP contribution in [0.1, 0.15) is 35.8 Å². The molecule has 0 saturated heterocycles. The molecule has 1 aromatic heterocycles. The summed E-state index contributed by atoms with van der Waals surface area (Å²) in [5, 5.41) is 32.0. The predicted molar refractivity (Wildman–Crippen MR) is 72.7 cm³/mol. The lowest BCUT2D eigenvalue weighted by atomic mass is 9.93. The summed E-state index contributed by atoms with van der Waals surface area (Å²) < 4.78 is 5.43. The fraction of sp³-hybridized carbons (Fsp3) is 0.333. The third-order valence-corrected chi connectivity index (χ3v) is 3.80. The number of nitrogens with one attached hydrogen (secondary N) is 1. The largest absolute Gasteiger partial charge is 0.504 e. The standard InChI is InChI=1S/C15H17NO4/c17-12-5-4-9(14(18)15(12)19)8-16-11-2-1-3-13-10(11)6-7-20-13/h4-7,11,16-19H,1-3,8H2. The van der Waals surface area contributed by atoms with E-state index < -0.39 is 5.75 Å². The number of phenolic OH excluding ortho intramolecular Hbond substituents is 3. The zero-order valence-corrected chi connectivity index (χ0v) is 11.0. The topological polar surface area (TPSA) is 85.9 Å². The van der Waals surface area contributed by atoms with Crippen molar-refractivity contribution in [2.75, 3.05) is 0 Å². The third kappa shape index (κ3) is 2.20. The lowest BCUT2D eigenvalue weighted by Gasteiger charge is -2.23. The number of rotatable bonds is 3. The molecule has 0 spiro atoms. The minimum absolute atomic E-state index is 0.188. The van der Waals surface area contributed by atoms with Crippen molar-refractivity contribution in [2.45, 2.75) is 31.8 Å². The van der Waals surface area contributed by atoms with Gasteiger partial charge in [0.2, 0.25) is 5.75 Å². The molecule has 1 aliphatic carbocycles. The van der Waals surface area contributed by atoms with E-state index in [0.717, 1.165) is 25.0 Å². The Labute approximate surface area is 116 Å². The van der Waals surface area contributed by atoms with Crippen molar-refractivity contribution < 1.29 is 19.7 Å². The van der Waals surface area contributed by atoms with Crippen LogP contribution in [0.25, 0.3) is 0 Å². The molecular weight excluding hydrogens is 258 g/mol. The van der Waals surface area contributed by atoms with Crippen LogP contribution in [-0.4, -0.2) is 15.3 Å². The molecule has 1 heterocycles. The first-order valence-electron chi connectivity index (χ1n) is 6.69. The van der Waals surface area contributed by atoms with Gasteiger partial charge in [-0.25, -0.2) is 0 Å². The Morgan fingerprint density at radius 3 is 2.85 bits per heavy atom. The first kappa shape index (κ1) is 12.9. The van der Waals surface area contributed by atoms with Crippen LogP contribution in [0.4, 0.5) is 0 Å². The van der Waals surface area contributed by atoms with Crippen molar-refractivity contribution in [1.29, 1.82) is 0 Å². The maximum absolute atomic E-state index is 9.79. The molecule has 5 heteroatoms. The summed E-state index contributed by atoms with van der Waals surface area (Å²) in [5.41, 5.74) is 1.72. The Morgan fingerprint density at radius 1 is 1.15 bits per heavy atom. The molecule has 20 heavy (non-hydrogen) atoms. The monoisotopic (exact) mass is 275 g/mol. The summed E-state index contributed by atoms with van der Waals surface area (Å²) in [4.78, 5) is 0. The quantitative estimate of drug-likeness (QED) is 0.647. The molecule has 5 nitrogen and oxygen atoms in total. The highest BCUT2D eigenvalue weighted by molar-refractivity contribution is 5.53. The van der Waals surface area contributed by atoms with Crippen LogP contribution in [-0.2, 0) is 13.0 Å².